The Morgan fingerprint density at radius 1 is 1.10 bits per heavy atom. The fourth-order valence-electron chi connectivity index (χ4n) is 1.51. The molecule has 0 aliphatic heterocycles. The van der Waals surface area contributed by atoms with E-state index >= 15 is 0 Å². The van der Waals surface area contributed by atoms with Gasteiger partial charge in [-0.2, -0.15) is 0 Å². The first-order valence-electron chi connectivity index (χ1n) is 6.94. The normalized spacial score (nSPS) is 11.1. The minimum absolute atomic E-state index is 0.0529. The summed E-state index contributed by atoms with van der Waals surface area (Å²) in [6.45, 7) is 8.59. The van der Waals surface area contributed by atoms with Crippen LogP contribution in [0.15, 0.2) is 24.3 Å². The standard InChI is InChI=1S/C16H22O5/c1-6-19-14(17)16(4,5)15(18)21-13-10-8-7-9-12(13)20-11(2)3/h7-11H,6H2,1-5H3. The SMILES string of the molecule is CCOC(=O)C(C)(C)C(=O)Oc1ccccc1OC(C)C. The smallest absolute Gasteiger partial charge is 0.328 e. The highest BCUT2D eigenvalue weighted by Crippen LogP contribution is 2.30. The zero-order valence-corrected chi connectivity index (χ0v) is 13.1. The lowest BCUT2D eigenvalue weighted by Gasteiger charge is -2.21. The van der Waals surface area contributed by atoms with Crippen LogP contribution in [0.1, 0.15) is 34.6 Å². The topological polar surface area (TPSA) is 61.8 Å². The number of benzene rings is 1. The van der Waals surface area contributed by atoms with Gasteiger partial charge in [-0.15, -0.1) is 0 Å². The third kappa shape index (κ3) is 4.48. The van der Waals surface area contributed by atoms with E-state index in [0.717, 1.165) is 0 Å². The largest absolute Gasteiger partial charge is 0.487 e. The van der Waals surface area contributed by atoms with Crippen molar-refractivity contribution < 1.29 is 23.8 Å². The van der Waals surface area contributed by atoms with Crippen LogP contribution in [-0.4, -0.2) is 24.6 Å². The molecule has 0 fully saturated rings. The number of rotatable bonds is 6. The van der Waals surface area contributed by atoms with Gasteiger partial charge in [0.25, 0.3) is 0 Å². The summed E-state index contributed by atoms with van der Waals surface area (Å²) in [7, 11) is 0. The number of carbonyl (C=O) groups is 2. The van der Waals surface area contributed by atoms with Gasteiger partial charge < -0.3 is 14.2 Å². The van der Waals surface area contributed by atoms with Gasteiger partial charge in [-0.25, -0.2) is 0 Å². The molecule has 1 rings (SSSR count). The van der Waals surface area contributed by atoms with Gasteiger partial charge in [-0.3, -0.25) is 9.59 Å². The quantitative estimate of drug-likeness (QED) is 0.458. The summed E-state index contributed by atoms with van der Waals surface area (Å²) in [5.74, 6) is -0.549. The van der Waals surface area contributed by atoms with Crippen LogP contribution < -0.4 is 9.47 Å². The lowest BCUT2D eigenvalue weighted by molar-refractivity contribution is -0.164. The van der Waals surface area contributed by atoms with Gasteiger partial charge in [0.15, 0.2) is 16.9 Å². The van der Waals surface area contributed by atoms with Crippen LogP contribution in [0, 0.1) is 5.41 Å². The van der Waals surface area contributed by atoms with E-state index in [1.165, 1.54) is 13.8 Å². The zero-order valence-electron chi connectivity index (χ0n) is 13.1. The zero-order chi connectivity index (χ0) is 16.0. The van der Waals surface area contributed by atoms with Gasteiger partial charge in [0.2, 0.25) is 0 Å². The first kappa shape index (κ1) is 17.0. The van der Waals surface area contributed by atoms with Crippen molar-refractivity contribution in [1.29, 1.82) is 0 Å². The lowest BCUT2D eigenvalue weighted by atomic mass is 9.94. The molecule has 0 amide bonds. The molecular weight excluding hydrogens is 272 g/mol. The summed E-state index contributed by atoms with van der Waals surface area (Å²) in [4.78, 5) is 24.0. The summed E-state index contributed by atoms with van der Waals surface area (Å²) in [6, 6.07) is 6.84. The van der Waals surface area contributed by atoms with E-state index in [-0.39, 0.29) is 18.5 Å². The van der Waals surface area contributed by atoms with Gasteiger partial charge in [-0.05, 0) is 46.8 Å². The van der Waals surface area contributed by atoms with Crippen molar-refractivity contribution >= 4 is 11.9 Å². The summed E-state index contributed by atoms with van der Waals surface area (Å²) in [6.07, 6.45) is -0.0529. The maximum atomic E-state index is 12.2. The van der Waals surface area contributed by atoms with Crippen LogP contribution in [0.25, 0.3) is 0 Å². The fraction of sp³-hybridized carbons (Fsp3) is 0.500. The molecule has 0 spiro atoms. The second-order valence-corrected chi connectivity index (χ2v) is 5.35. The van der Waals surface area contributed by atoms with E-state index in [4.69, 9.17) is 14.2 Å². The molecule has 0 saturated carbocycles. The molecule has 0 radical (unpaired) electrons. The molecule has 0 unspecified atom stereocenters. The van der Waals surface area contributed by atoms with Crippen molar-refractivity contribution in [1.82, 2.24) is 0 Å². The first-order valence-corrected chi connectivity index (χ1v) is 6.94. The second kappa shape index (κ2) is 7.11. The Morgan fingerprint density at radius 2 is 1.67 bits per heavy atom. The Hall–Kier alpha value is -2.04. The minimum Gasteiger partial charge on any atom is -0.487 e. The predicted octanol–water partition coefficient (Wildman–Crippen LogP) is 2.97. The van der Waals surface area contributed by atoms with Crippen LogP contribution in [0.4, 0.5) is 0 Å². The van der Waals surface area contributed by atoms with E-state index in [1.807, 2.05) is 13.8 Å². The number of para-hydroxylation sites is 2. The molecule has 5 heteroatoms. The van der Waals surface area contributed by atoms with Crippen molar-refractivity contribution in [3.63, 3.8) is 0 Å². The Balaban J connectivity index is 2.90. The van der Waals surface area contributed by atoms with Gasteiger partial charge >= 0.3 is 11.9 Å². The van der Waals surface area contributed by atoms with Crippen LogP contribution >= 0.6 is 0 Å². The van der Waals surface area contributed by atoms with E-state index in [2.05, 4.69) is 0 Å². The molecule has 0 heterocycles. The summed E-state index contributed by atoms with van der Waals surface area (Å²) < 4.78 is 15.8. The molecule has 0 saturated heterocycles. The summed E-state index contributed by atoms with van der Waals surface area (Å²) >= 11 is 0. The molecule has 0 aliphatic carbocycles. The second-order valence-electron chi connectivity index (χ2n) is 5.35. The van der Waals surface area contributed by atoms with Crippen molar-refractivity contribution in [3.8, 4) is 11.5 Å². The van der Waals surface area contributed by atoms with Crippen molar-refractivity contribution in [2.75, 3.05) is 6.61 Å². The van der Waals surface area contributed by atoms with Gasteiger partial charge in [0.1, 0.15) is 0 Å². The summed E-state index contributed by atoms with van der Waals surface area (Å²) in [5.41, 5.74) is -1.37. The highest BCUT2D eigenvalue weighted by Gasteiger charge is 2.40. The van der Waals surface area contributed by atoms with Crippen LogP contribution in [0.5, 0.6) is 11.5 Å². The number of carbonyl (C=O) groups excluding carboxylic acids is 2. The van der Waals surface area contributed by atoms with Crippen molar-refractivity contribution in [3.05, 3.63) is 24.3 Å². The molecule has 5 nitrogen and oxygen atoms in total. The molecule has 0 aromatic heterocycles. The molecule has 0 atom stereocenters. The molecule has 1 aromatic carbocycles. The predicted molar refractivity (Wildman–Crippen MR) is 78.3 cm³/mol. The molecule has 0 bridgehead atoms. The van der Waals surface area contributed by atoms with E-state index < -0.39 is 17.4 Å². The third-order valence-corrected chi connectivity index (χ3v) is 2.71. The van der Waals surface area contributed by atoms with Crippen molar-refractivity contribution in [2.45, 2.75) is 40.7 Å². The number of esters is 2. The van der Waals surface area contributed by atoms with Gasteiger partial charge in [0.05, 0.1) is 12.7 Å². The van der Waals surface area contributed by atoms with Gasteiger partial charge in [0, 0.05) is 0 Å². The maximum Gasteiger partial charge on any atom is 0.328 e. The molecule has 0 aliphatic rings. The average Bonchev–Trinajstić information content (AvgIpc) is 2.40. The van der Waals surface area contributed by atoms with E-state index in [1.54, 1.807) is 31.2 Å². The number of hydrogen-bond donors (Lipinski definition) is 0. The van der Waals surface area contributed by atoms with Crippen LogP contribution in [-0.2, 0) is 14.3 Å². The highest BCUT2D eigenvalue weighted by atomic mass is 16.6. The highest BCUT2D eigenvalue weighted by molar-refractivity contribution is 6.00. The first-order chi connectivity index (χ1) is 9.78. The molecule has 0 N–H and O–H groups in total. The fourth-order valence-corrected chi connectivity index (χ4v) is 1.51. The number of ether oxygens (including phenoxy) is 3. The third-order valence-electron chi connectivity index (χ3n) is 2.71. The Morgan fingerprint density at radius 3 is 2.19 bits per heavy atom. The monoisotopic (exact) mass is 294 g/mol. The minimum atomic E-state index is -1.37. The summed E-state index contributed by atoms with van der Waals surface area (Å²) in [5, 5.41) is 0. The van der Waals surface area contributed by atoms with Crippen LogP contribution in [0.3, 0.4) is 0 Å². The molecular formula is C16H22O5. The Bertz CT molecular complexity index is 505. The molecule has 1 aromatic rings. The molecule has 21 heavy (non-hydrogen) atoms. The van der Waals surface area contributed by atoms with E-state index in [0.29, 0.717) is 5.75 Å². The number of hydrogen-bond acceptors (Lipinski definition) is 5. The maximum absolute atomic E-state index is 12.2. The Kier molecular flexibility index (Phi) is 5.76. The Labute approximate surface area is 125 Å². The van der Waals surface area contributed by atoms with Crippen LogP contribution in [0.2, 0.25) is 0 Å². The average molecular weight is 294 g/mol. The van der Waals surface area contributed by atoms with Crippen molar-refractivity contribution in [2.24, 2.45) is 5.41 Å². The molecule has 116 valence electrons. The van der Waals surface area contributed by atoms with E-state index in [9.17, 15) is 9.59 Å². The lowest BCUT2D eigenvalue weighted by Crippen LogP contribution is -2.38. The van der Waals surface area contributed by atoms with Gasteiger partial charge in [-0.1, -0.05) is 12.1 Å².